The van der Waals surface area contributed by atoms with E-state index < -0.39 is 22.1 Å². The molecule has 11 nitrogen and oxygen atoms in total. The smallest absolute Gasteiger partial charge is 0.348 e. The lowest BCUT2D eigenvalue weighted by molar-refractivity contribution is -0.386. The number of hydrogen-bond acceptors (Lipinski definition) is 8. The molecule has 3 heterocycles. The summed E-state index contributed by atoms with van der Waals surface area (Å²) in [5, 5.41) is 23.1. The van der Waals surface area contributed by atoms with Gasteiger partial charge in [0, 0.05) is 31.7 Å². The quantitative estimate of drug-likeness (QED) is 0.491. The number of carboxylic acid groups (broad SMARTS) is 1. The highest BCUT2D eigenvalue weighted by atomic mass is 16.6. The summed E-state index contributed by atoms with van der Waals surface area (Å²) < 4.78 is 21.7. The molecule has 0 radical (unpaired) electrons. The average molecular weight is 486 g/mol. The van der Waals surface area contributed by atoms with E-state index in [0.29, 0.717) is 26.1 Å². The first kappa shape index (κ1) is 24.4. The Labute approximate surface area is 201 Å². The Bertz CT molecular complexity index is 1090. The average Bonchev–Trinajstić information content (AvgIpc) is 2.86. The van der Waals surface area contributed by atoms with E-state index in [1.54, 1.807) is 6.07 Å². The van der Waals surface area contributed by atoms with Gasteiger partial charge in [0.2, 0.25) is 5.60 Å². The van der Waals surface area contributed by atoms with Gasteiger partial charge in [-0.2, -0.15) is 0 Å². The number of amides is 1. The second-order valence-corrected chi connectivity index (χ2v) is 8.40. The molecule has 0 bridgehead atoms. The molecule has 3 aliphatic rings. The van der Waals surface area contributed by atoms with Crippen LogP contribution in [0.1, 0.15) is 25.7 Å². The molecule has 2 aromatic carbocycles. The van der Waals surface area contributed by atoms with E-state index in [4.69, 9.17) is 18.9 Å². The van der Waals surface area contributed by atoms with E-state index in [1.807, 2.05) is 24.3 Å². The van der Waals surface area contributed by atoms with E-state index in [2.05, 4.69) is 5.32 Å². The number of ether oxygens (including phenoxy) is 4. The fraction of sp³-hybridized carbons (Fsp3) is 0.417. The molecule has 11 heteroatoms. The fourth-order valence-electron chi connectivity index (χ4n) is 4.15. The molecule has 35 heavy (non-hydrogen) atoms. The lowest BCUT2D eigenvalue weighted by Gasteiger charge is -2.39. The number of nitro benzene ring substituents is 1. The summed E-state index contributed by atoms with van der Waals surface area (Å²) in [6, 6.07) is 13.3. The van der Waals surface area contributed by atoms with Crippen molar-refractivity contribution in [3.8, 4) is 11.5 Å². The van der Waals surface area contributed by atoms with E-state index in [1.165, 1.54) is 18.2 Å². The molecule has 0 aliphatic carbocycles. The molecular formula is C24H26N2O9. The first-order chi connectivity index (χ1) is 16.9. The maximum atomic E-state index is 12.0. The van der Waals surface area contributed by atoms with Crippen LogP contribution >= 0.6 is 0 Å². The van der Waals surface area contributed by atoms with Gasteiger partial charge in [-0.05, 0) is 18.2 Å². The number of anilines is 1. The summed E-state index contributed by atoms with van der Waals surface area (Å²) in [6.07, 6.45) is 1.56. The van der Waals surface area contributed by atoms with Gasteiger partial charge in [-0.1, -0.05) is 24.3 Å². The molecule has 2 N–H and O–H groups in total. The Hall–Kier alpha value is -3.70. The second kappa shape index (κ2) is 10.3. The molecule has 0 unspecified atom stereocenters. The SMILES string of the molecule is O=C(O)C1(Oc2ccccc2[N+](=O)[O-])CCOCC1.O=C1Nc2ccccc2OC12CCOCC2. The predicted octanol–water partition coefficient (Wildman–Crippen LogP) is 3.17. The largest absolute Gasteiger partial charge is 0.478 e. The third-order valence-electron chi connectivity index (χ3n) is 6.21. The van der Waals surface area contributed by atoms with Crippen LogP contribution in [0.15, 0.2) is 48.5 Å². The number of carbonyl (C=O) groups excluding carboxylic acids is 1. The Morgan fingerprint density at radius 1 is 0.971 bits per heavy atom. The topological polar surface area (TPSA) is 146 Å². The minimum absolute atomic E-state index is 0.0307. The fourth-order valence-corrected chi connectivity index (χ4v) is 4.15. The van der Waals surface area contributed by atoms with Gasteiger partial charge >= 0.3 is 11.7 Å². The highest BCUT2D eigenvalue weighted by molar-refractivity contribution is 6.00. The summed E-state index contributed by atoms with van der Waals surface area (Å²) in [4.78, 5) is 33.8. The van der Waals surface area contributed by atoms with Gasteiger partial charge in [0.1, 0.15) is 5.75 Å². The first-order valence-corrected chi connectivity index (χ1v) is 11.3. The van der Waals surface area contributed by atoms with Crippen LogP contribution in [-0.4, -0.2) is 59.5 Å². The highest BCUT2D eigenvalue weighted by Gasteiger charge is 2.46. The van der Waals surface area contributed by atoms with Crippen LogP contribution in [0.4, 0.5) is 11.4 Å². The van der Waals surface area contributed by atoms with Gasteiger partial charge < -0.3 is 29.4 Å². The standard InChI is InChI=1S/C12H13NO6.C12H13NO3/c14-11(15)12(5-7-18-8-6-12)19-10-4-2-1-3-9(10)13(16)17;14-11-12(5-7-15-8-6-12)16-10-4-2-1-3-9(10)13-11/h1-4H,5-8H2,(H,14,15);1-4H,5-8H2,(H,13,14). The maximum absolute atomic E-state index is 12.0. The van der Waals surface area contributed by atoms with Crippen molar-refractivity contribution in [2.75, 3.05) is 31.7 Å². The number of fused-ring (bicyclic) bond motifs is 1. The van der Waals surface area contributed by atoms with Crippen molar-refractivity contribution in [3.63, 3.8) is 0 Å². The Morgan fingerprint density at radius 2 is 1.57 bits per heavy atom. The van der Waals surface area contributed by atoms with Crippen molar-refractivity contribution in [1.29, 1.82) is 0 Å². The normalized spacial score (nSPS) is 19.7. The highest BCUT2D eigenvalue weighted by Crippen LogP contribution is 2.38. The number of hydrogen-bond donors (Lipinski definition) is 2. The summed E-state index contributed by atoms with van der Waals surface area (Å²) in [6.45, 7) is 1.67. The molecule has 186 valence electrons. The zero-order valence-electron chi connectivity index (χ0n) is 18.9. The van der Waals surface area contributed by atoms with E-state index in [0.717, 1.165) is 11.4 Å². The molecule has 2 saturated heterocycles. The van der Waals surface area contributed by atoms with Crippen LogP contribution in [0.25, 0.3) is 0 Å². The van der Waals surface area contributed by atoms with Gasteiger partial charge in [0.25, 0.3) is 5.91 Å². The van der Waals surface area contributed by atoms with Crippen LogP contribution in [0.2, 0.25) is 0 Å². The third kappa shape index (κ3) is 5.20. The van der Waals surface area contributed by atoms with Crippen molar-refractivity contribution in [2.45, 2.75) is 36.9 Å². The number of benzene rings is 2. The summed E-state index contributed by atoms with van der Waals surface area (Å²) >= 11 is 0. The van der Waals surface area contributed by atoms with Gasteiger partial charge in [0.15, 0.2) is 11.4 Å². The summed E-state index contributed by atoms with van der Waals surface area (Å²) in [5.74, 6) is -0.454. The van der Waals surface area contributed by atoms with Crippen LogP contribution in [-0.2, 0) is 19.1 Å². The Morgan fingerprint density at radius 3 is 2.23 bits per heavy atom. The number of rotatable bonds is 4. The summed E-state index contributed by atoms with van der Waals surface area (Å²) in [5.41, 5.74) is -1.66. The lowest BCUT2D eigenvalue weighted by Crippen LogP contribution is -2.54. The van der Waals surface area contributed by atoms with Crippen LogP contribution in [0.5, 0.6) is 11.5 Å². The van der Waals surface area contributed by atoms with Gasteiger partial charge in [0.05, 0.1) is 37.0 Å². The minimum atomic E-state index is -1.45. The van der Waals surface area contributed by atoms with Gasteiger partial charge in [-0.25, -0.2) is 4.79 Å². The number of nitro groups is 1. The molecule has 5 rings (SSSR count). The van der Waals surface area contributed by atoms with Crippen LogP contribution in [0, 0.1) is 10.1 Å². The number of carbonyl (C=O) groups is 2. The lowest BCUT2D eigenvalue weighted by atomic mass is 9.91. The predicted molar refractivity (Wildman–Crippen MR) is 123 cm³/mol. The van der Waals surface area contributed by atoms with Crippen molar-refractivity contribution in [1.82, 2.24) is 0 Å². The minimum Gasteiger partial charge on any atom is -0.478 e. The monoisotopic (exact) mass is 486 g/mol. The van der Waals surface area contributed by atoms with Crippen molar-refractivity contribution >= 4 is 23.3 Å². The number of nitrogens with one attached hydrogen (secondary N) is 1. The van der Waals surface area contributed by atoms with Crippen molar-refractivity contribution in [2.24, 2.45) is 0 Å². The molecule has 0 atom stereocenters. The number of carboxylic acids is 1. The number of para-hydroxylation sites is 4. The third-order valence-corrected chi connectivity index (χ3v) is 6.21. The van der Waals surface area contributed by atoms with E-state index in [-0.39, 0.29) is 43.4 Å². The number of aliphatic carboxylic acids is 1. The molecule has 2 fully saturated rings. The second-order valence-electron chi connectivity index (χ2n) is 8.40. The first-order valence-electron chi connectivity index (χ1n) is 11.3. The maximum Gasteiger partial charge on any atom is 0.348 e. The zero-order valence-corrected chi connectivity index (χ0v) is 18.9. The summed E-state index contributed by atoms with van der Waals surface area (Å²) in [7, 11) is 0. The molecule has 1 amide bonds. The molecule has 2 aromatic rings. The van der Waals surface area contributed by atoms with E-state index in [9.17, 15) is 24.8 Å². The van der Waals surface area contributed by atoms with Gasteiger partial charge in [-0.15, -0.1) is 0 Å². The van der Waals surface area contributed by atoms with Gasteiger partial charge in [-0.3, -0.25) is 14.9 Å². The Balaban J connectivity index is 0.000000167. The zero-order chi connectivity index (χ0) is 24.9. The van der Waals surface area contributed by atoms with E-state index >= 15 is 0 Å². The molecule has 0 saturated carbocycles. The molecule has 3 aliphatic heterocycles. The van der Waals surface area contributed by atoms with Crippen LogP contribution < -0.4 is 14.8 Å². The Kier molecular flexibility index (Phi) is 7.17. The van der Waals surface area contributed by atoms with Crippen molar-refractivity contribution in [3.05, 3.63) is 58.6 Å². The number of nitrogens with zero attached hydrogens (tertiary/aromatic N) is 1. The van der Waals surface area contributed by atoms with Crippen molar-refractivity contribution < 1.29 is 38.6 Å². The molecular weight excluding hydrogens is 460 g/mol. The molecule has 1 spiro atoms. The molecule has 0 aromatic heterocycles. The van der Waals surface area contributed by atoms with Crippen LogP contribution in [0.3, 0.4) is 0 Å².